The maximum Gasteiger partial charge on any atom is 0.253 e. The molecule has 1 aliphatic rings. The zero-order chi connectivity index (χ0) is 17.1. The summed E-state index contributed by atoms with van der Waals surface area (Å²) in [5.41, 5.74) is 0.854. The van der Waals surface area contributed by atoms with Gasteiger partial charge in [0.2, 0.25) is 0 Å². The second-order valence-corrected chi connectivity index (χ2v) is 5.42. The Morgan fingerprint density at radius 1 is 1.00 bits per heavy atom. The van der Waals surface area contributed by atoms with E-state index in [1.54, 1.807) is 24.3 Å². The number of ether oxygens (including phenoxy) is 1. The van der Waals surface area contributed by atoms with Crippen molar-refractivity contribution < 1.29 is 22.7 Å². The molecule has 1 aliphatic heterocycles. The Morgan fingerprint density at radius 3 is 2.38 bits per heavy atom. The molecule has 0 bridgehead atoms. The smallest absolute Gasteiger partial charge is 0.253 e. The van der Waals surface area contributed by atoms with Crippen LogP contribution >= 0.6 is 0 Å². The standard InChI is InChI=1S/C17H15F3N2O2/c18-12-7-8-13(16(20)15(12)19)21-10-3-5-11(6-4-10)22-17(23)14-2-1-9-24-14/h3-8,14,21H,1-2,9H2,(H,22,23). The molecular formula is C17H15F3N2O2. The van der Waals surface area contributed by atoms with Gasteiger partial charge in [-0.3, -0.25) is 4.79 Å². The fraction of sp³-hybridized carbons (Fsp3) is 0.235. The molecule has 7 heteroatoms. The van der Waals surface area contributed by atoms with Crippen LogP contribution in [0, 0.1) is 17.5 Å². The zero-order valence-electron chi connectivity index (χ0n) is 12.6. The Balaban J connectivity index is 1.66. The van der Waals surface area contributed by atoms with Crippen molar-refractivity contribution in [1.82, 2.24) is 0 Å². The largest absolute Gasteiger partial charge is 0.368 e. The molecule has 0 saturated carbocycles. The molecule has 1 fully saturated rings. The molecule has 1 heterocycles. The van der Waals surface area contributed by atoms with E-state index in [4.69, 9.17) is 4.74 Å². The van der Waals surface area contributed by atoms with E-state index in [1.165, 1.54) is 0 Å². The molecule has 1 saturated heterocycles. The van der Waals surface area contributed by atoms with Crippen LogP contribution in [-0.4, -0.2) is 18.6 Å². The first-order valence-electron chi connectivity index (χ1n) is 7.47. The van der Waals surface area contributed by atoms with Crippen LogP contribution in [0.3, 0.4) is 0 Å². The third kappa shape index (κ3) is 3.51. The molecule has 2 N–H and O–H groups in total. The van der Waals surface area contributed by atoms with Crippen LogP contribution in [0.5, 0.6) is 0 Å². The Labute approximate surface area is 136 Å². The number of anilines is 3. The van der Waals surface area contributed by atoms with Crippen molar-refractivity contribution in [3.05, 3.63) is 53.8 Å². The molecule has 0 aliphatic carbocycles. The minimum absolute atomic E-state index is 0.176. The second-order valence-electron chi connectivity index (χ2n) is 5.42. The van der Waals surface area contributed by atoms with Gasteiger partial charge in [0.1, 0.15) is 6.10 Å². The fourth-order valence-corrected chi connectivity index (χ4v) is 2.42. The van der Waals surface area contributed by atoms with Gasteiger partial charge in [0, 0.05) is 18.0 Å². The number of halogens is 3. The molecular weight excluding hydrogens is 321 g/mol. The summed E-state index contributed by atoms with van der Waals surface area (Å²) in [6.45, 7) is 0.584. The van der Waals surface area contributed by atoms with Gasteiger partial charge >= 0.3 is 0 Å². The van der Waals surface area contributed by atoms with E-state index < -0.39 is 23.6 Å². The first kappa shape index (κ1) is 16.3. The lowest BCUT2D eigenvalue weighted by Crippen LogP contribution is -2.26. The average Bonchev–Trinajstić information content (AvgIpc) is 3.12. The van der Waals surface area contributed by atoms with Crippen molar-refractivity contribution >= 4 is 23.0 Å². The van der Waals surface area contributed by atoms with Gasteiger partial charge in [0.05, 0.1) is 5.69 Å². The molecule has 2 aromatic rings. The summed E-state index contributed by atoms with van der Waals surface area (Å²) in [6.07, 6.45) is 1.13. The summed E-state index contributed by atoms with van der Waals surface area (Å²) < 4.78 is 45.0. The molecule has 0 spiro atoms. The second kappa shape index (κ2) is 6.92. The molecule has 1 atom stereocenters. The van der Waals surface area contributed by atoms with E-state index in [2.05, 4.69) is 10.6 Å². The summed E-state index contributed by atoms with van der Waals surface area (Å²) in [6, 6.07) is 8.37. The van der Waals surface area contributed by atoms with E-state index >= 15 is 0 Å². The van der Waals surface area contributed by atoms with Crippen molar-refractivity contribution in [2.24, 2.45) is 0 Å². The molecule has 4 nitrogen and oxygen atoms in total. The predicted molar refractivity (Wildman–Crippen MR) is 83.6 cm³/mol. The van der Waals surface area contributed by atoms with E-state index in [0.29, 0.717) is 24.4 Å². The molecule has 1 amide bonds. The minimum Gasteiger partial charge on any atom is -0.368 e. The van der Waals surface area contributed by atoms with Gasteiger partial charge in [0.25, 0.3) is 5.91 Å². The molecule has 2 aromatic carbocycles. The van der Waals surface area contributed by atoms with E-state index in [9.17, 15) is 18.0 Å². The van der Waals surface area contributed by atoms with Crippen LogP contribution in [-0.2, 0) is 9.53 Å². The number of carbonyl (C=O) groups excluding carboxylic acids is 1. The Bertz CT molecular complexity index is 744. The zero-order valence-corrected chi connectivity index (χ0v) is 12.6. The van der Waals surface area contributed by atoms with Crippen LogP contribution in [0.4, 0.5) is 30.2 Å². The number of benzene rings is 2. The molecule has 24 heavy (non-hydrogen) atoms. The maximum absolute atomic E-state index is 13.6. The van der Waals surface area contributed by atoms with Crippen LogP contribution in [0.25, 0.3) is 0 Å². The van der Waals surface area contributed by atoms with Crippen LogP contribution in [0.15, 0.2) is 36.4 Å². The number of nitrogens with one attached hydrogen (secondary N) is 2. The summed E-state index contributed by atoms with van der Waals surface area (Å²) in [7, 11) is 0. The Hall–Kier alpha value is -2.54. The lowest BCUT2D eigenvalue weighted by Gasteiger charge is -2.12. The molecule has 1 unspecified atom stereocenters. The van der Waals surface area contributed by atoms with E-state index in [0.717, 1.165) is 18.6 Å². The number of amides is 1. The molecule has 0 radical (unpaired) electrons. The monoisotopic (exact) mass is 336 g/mol. The van der Waals surface area contributed by atoms with Crippen LogP contribution < -0.4 is 10.6 Å². The average molecular weight is 336 g/mol. The number of rotatable bonds is 4. The van der Waals surface area contributed by atoms with Gasteiger partial charge in [-0.1, -0.05) is 0 Å². The minimum atomic E-state index is -1.53. The van der Waals surface area contributed by atoms with Gasteiger partial charge in [-0.25, -0.2) is 13.2 Å². The van der Waals surface area contributed by atoms with Crippen molar-refractivity contribution in [3.8, 4) is 0 Å². The van der Waals surface area contributed by atoms with E-state index in [1.807, 2.05) is 0 Å². The summed E-state index contributed by atoms with van der Waals surface area (Å²) in [5.74, 6) is -4.27. The van der Waals surface area contributed by atoms with Crippen LogP contribution in [0.2, 0.25) is 0 Å². The molecule has 3 rings (SSSR count). The molecule has 0 aromatic heterocycles. The van der Waals surface area contributed by atoms with Crippen molar-refractivity contribution in [1.29, 1.82) is 0 Å². The summed E-state index contributed by atoms with van der Waals surface area (Å²) >= 11 is 0. The number of hydrogen-bond donors (Lipinski definition) is 2. The third-order valence-corrected chi connectivity index (χ3v) is 3.69. The van der Waals surface area contributed by atoms with Gasteiger partial charge in [-0.15, -0.1) is 0 Å². The van der Waals surface area contributed by atoms with Gasteiger partial charge < -0.3 is 15.4 Å². The van der Waals surface area contributed by atoms with Crippen molar-refractivity contribution in [3.63, 3.8) is 0 Å². The predicted octanol–water partition coefficient (Wildman–Crippen LogP) is 3.97. The number of hydrogen-bond acceptors (Lipinski definition) is 3. The maximum atomic E-state index is 13.6. The number of carbonyl (C=O) groups is 1. The van der Waals surface area contributed by atoms with Crippen molar-refractivity contribution in [2.45, 2.75) is 18.9 Å². The first-order valence-corrected chi connectivity index (χ1v) is 7.47. The molecule has 126 valence electrons. The Morgan fingerprint density at radius 2 is 1.71 bits per heavy atom. The Kier molecular flexibility index (Phi) is 4.71. The van der Waals surface area contributed by atoms with Crippen LogP contribution in [0.1, 0.15) is 12.8 Å². The van der Waals surface area contributed by atoms with Crippen molar-refractivity contribution in [2.75, 3.05) is 17.2 Å². The lowest BCUT2D eigenvalue weighted by atomic mass is 10.2. The lowest BCUT2D eigenvalue weighted by molar-refractivity contribution is -0.124. The van der Waals surface area contributed by atoms with Gasteiger partial charge in [-0.05, 0) is 49.2 Å². The van der Waals surface area contributed by atoms with Gasteiger partial charge in [-0.2, -0.15) is 0 Å². The van der Waals surface area contributed by atoms with Gasteiger partial charge in [0.15, 0.2) is 17.5 Å². The summed E-state index contributed by atoms with van der Waals surface area (Å²) in [5, 5.41) is 5.38. The highest BCUT2D eigenvalue weighted by Crippen LogP contribution is 2.24. The summed E-state index contributed by atoms with van der Waals surface area (Å²) in [4.78, 5) is 11.9. The quantitative estimate of drug-likeness (QED) is 0.831. The highest BCUT2D eigenvalue weighted by atomic mass is 19.2. The topological polar surface area (TPSA) is 50.4 Å². The normalized spacial score (nSPS) is 16.9. The third-order valence-electron chi connectivity index (χ3n) is 3.69. The highest BCUT2D eigenvalue weighted by molar-refractivity contribution is 5.94. The SMILES string of the molecule is O=C(Nc1ccc(Nc2ccc(F)c(F)c2F)cc1)C1CCCO1. The first-order chi connectivity index (χ1) is 11.5. The fourth-order valence-electron chi connectivity index (χ4n) is 2.42. The highest BCUT2D eigenvalue weighted by Gasteiger charge is 2.23. The van der Waals surface area contributed by atoms with E-state index in [-0.39, 0.29) is 11.6 Å².